The number of aryl methyl sites for hydroxylation is 1. The average Bonchev–Trinajstić information content (AvgIpc) is 3.15. The zero-order chi connectivity index (χ0) is 17.8. The lowest BCUT2D eigenvalue weighted by Crippen LogP contribution is -2.19. The SMILES string of the molecule is NC(=O)c1cnc(-c2ncco2)c(-c2ccc(=O)n(CCCO)c2)n1. The number of oxazole rings is 1. The van der Waals surface area contributed by atoms with E-state index in [-0.39, 0.29) is 23.8 Å². The number of carbonyl (C=O) groups excluding carboxylic acids is 1. The Hall–Kier alpha value is -3.33. The normalized spacial score (nSPS) is 10.8. The van der Waals surface area contributed by atoms with Gasteiger partial charge in [-0.3, -0.25) is 9.59 Å². The molecule has 9 heteroatoms. The molecule has 3 heterocycles. The summed E-state index contributed by atoms with van der Waals surface area (Å²) >= 11 is 0. The van der Waals surface area contributed by atoms with Gasteiger partial charge in [0.15, 0.2) is 5.69 Å². The number of aliphatic hydroxyl groups excluding tert-OH is 1. The van der Waals surface area contributed by atoms with Gasteiger partial charge in [-0.25, -0.2) is 15.0 Å². The van der Waals surface area contributed by atoms with Gasteiger partial charge in [-0.2, -0.15) is 0 Å². The number of pyridine rings is 1. The van der Waals surface area contributed by atoms with E-state index in [0.717, 1.165) is 0 Å². The number of primary amides is 1. The first-order valence-electron chi connectivity index (χ1n) is 7.48. The summed E-state index contributed by atoms with van der Waals surface area (Å²) in [5.41, 5.74) is 6.24. The number of hydrogen-bond acceptors (Lipinski definition) is 7. The van der Waals surface area contributed by atoms with Gasteiger partial charge in [0.25, 0.3) is 11.5 Å². The fourth-order valence-corrected chi connectivity index (χ4v) is 2.29. The Morgan fingerprint density at radius 3 is 2.80 bits per heavy atom. The number of rotatable bonds is 6. The molecule has 0 aliphatic rings. The summed E-state index contributed by atoms with van der Waals surface area (Å²) in [5, 5.41) is 8.96. The monoisotopic (exact) mass is 341 g/mol. The van der Waals surface area contributed by atoms with E-state index in [4.69, 9.17) is 15.3 Å². The number of nitrogens with two attached hydrogens (primary N) is 1. The van der Waals surface area contributed by atoms with Gasteiger partial charge < -0.3 is 19.8 Å². The lowest BCUT2D eigenvalue weighted by atomic mass is 10.1. The van der Waals surface area contributed by atoms with Crippen LogP contribution in [0.3, 0.4) is 0 Å². The third kappa shape index (κ3) is 3.45. The van der Waals surface area contributed by atoms with Crippen molar-refractivity contribution < 1.29 is 14.3 Å². The molecule has 0 bridgehead atoms. The number of aromatic nitrogens is 4. The average molecular weight is 341 g/mol. The molecule has 1 amide bonds. The highest BCUT2D eigenvalue weighted by molar-refractivity contribution is 5.91. The lowest BCUT2D eigenvalue weighted by Gasteiger charge is -2.10. The van der Waals surface area contributed by atoms with Crippen LogP contribution in [0.2, 0.25) is 0 Å². The van der Waals surface area contributed by atoms with E-state index in [9.17, 15) is 9.59 Å². The van der Waals surface area contributed by atoms with Crippen molar-refractivity contribution in [3.63, 3.8) is 0 Å². The van der Waals surface area contributed by atoms with Gasteiger partial charge in [-0.05, 0) is 12.5 Å². The van der Waals surface area contributed by atoms with Crippen molar-refractivity contribution in [2.45, 2.75) is 13.0 Å². The highest BCUT2D eigenvalue weighted by Gasteiger charge is 2.18. The molecular weight excluding hydrogens is 326 g/mol. The highest BCUT2D eigenvalue weighted by Crippen LogP contribution is 2.27. The molecule has 0 spiro atoms. The van der Waals surface area contributed by atoms with Gasteiger partial charge in [0.05, 0.1) is 12.4 Å². The molecule has 3 aromatic rings. The predicted molar refractivity (Wildman–Crippen MR) is 87.4 cm³/mol. The molecule has 25 heavy (non-hydrogen) atoms. The zero-order valence-electron chi connectivity index (χ0n) is 13.1. The standard InChI is InChI=1S/C16H15N5O4/c17-15(24)11-8-19-14(16-18-4-7-25-16)13(20-11)10-2-3-12(23)21(9-10)5-1-6-22/h2-4,7-9,22H,1,5-6H2,(H2,17,24). The Labute approximate surface area is 141 Å². The second-order valence-electron chi connectivity index (χ2n) is 5.18. The molecule has 0 radical (unpaired) electrons. The van der Waals surface area contributed by atoms with E-state index < -0.39 is 5.91 Å². The molecule has 3 rings (SSSR count). The van der Waals surface area contributed by atoms with E-state index in [1.54, 1.807) is 12.3 Å². The van der Waals surface area contributed by atoms with E-state index in [1.807, 2.05) is 0 Å². The Balaban J connectivity index is 2.16. The number of amides is 1. The van der Waals surface area contributed by atoms with Crippen molar-refractivity contribution in [3.8, 4) is 22.8 Å². The largest absolute Gasteiger partial charge is 0.443 e. The minimum absolute atomic E-state index is 0.0154. The van der Waals surface area contributed by atoms with Gasteiger partial charge in [0, 0.05) is 31.0 Å². The zero-order valence-corrected chi connectivity index (χ0v) is 13.1. The van der Waals surface area contributed by atoms with Gasteiger partial charge in [-0.15, -0.1) is 0 Å². The first-order chi connectivity index (χ1) is 12.1. The molecule has 0 saturated carbocycles. The van der Waals surface area contributed by atoms with Crippen LogP contribution < -0.4 is 11.3 Å². The summed E-state index contributed by atoms with van der Waals surface area (Å²) < 4.78 is 6.72. The highest BCUT2D eigenvalue weighted by atomic mass is 16.3. The maximum atomic E-state index is 11.9. The van der Waals surface area contributed by atoms with Crippen LogP contribution in [0.1, 0.15) is 16.9 Å². The van der Waals surface area contributed by atoms with Gasteiger partial charge in [-0.1, -0.05) is 0 Å². The van der Waals surface area contributed by atoms with Crippen LogP contribution in [-0.4, -0.2) is 37.1 Å². The van der Waals surface area contributed by atoms with E-state index in [1.165, 1.54) is 29.3 Å². The van der Waals surface area contributed by atoms with Crippen molar-refractivity contribution >= 4 is 5.91 Å². The molecule has 9 nitrogen and oxygen atoms in total. The number of hydrogen-bond donors (Lipinski definition) is 2. The lowest BCUT2D eigenvalue weighted by molar-refractivity contribution is 0.0995. The molecule has 0 aliphatic carbocycles. The van der Waals surface area contributed by atoms with Crippen LogP contribution in [0.25, 0.3) is 22.8 Å². The molecule has 0 atom stereocenters. The molecule has 0 aromatic carbocycles. The Bertz CT molecular complexity index is 949. The third-order valence-electron chi connectivity index (χ3n) is 3.47. The Kier molecular flexibility index (Phi) is 4.66. The van der Waals surface area contributed by atoms with Gasteiger partial charge in [0.1, 0.15) is 17.7 Å². The van der Waals surface area contributed by atoms with Crippen LogP contribution >= 0.6 is 0 Å². The molecule has 3 N–H and O–H groups in total. The van der Waals surface area contributed by atoms with Gasteiger partial charge >= 0.3 is 0 Å². The Morgan fingerprint density at radius 1 is 1.28 bits per heavy atom. The second kappa shape index (κ2) is 7.05. The minimum Gasteiger partial charge on any atom is -0.443 e. The number of aliphatic hydroxyl groups is 1. The van der Waals surface area contributed by atoms with Crippen LogP contribution in [-0.2, 0) is 6.54 Å². The fraction of sp³-hybridized carbons (Fsp3) is 0.188. The minimum atomic E-state index is -0.721. The quantitative estimate of drug-likeness (QED) is 0.663. The number of nitrogens with zero attached hydrogens (tertiary/aromatic N) is 4. The van der Waals surface area contributed by atoms with Crippen molar-refractivity contribution in [1.82, 2.24) is 19.5 Å². The topological polar surface area (TPSA) is 137 Å². The molecular formula is C16H15N5O4. The van der Waals surface area contributed by atoms with E-state index in [0.29, 0.717) is 29.9 Å². The molecule has 0 aliphatic heterocycles. The van der Waals surface area contributed by atoms with E-state index >= 15 is 0 Å². The smallest absolute Gasteiger partial charge is 0.268 e. The molecule has 0 unspecified atom stereocenters. The summed E-state index contributed by atoms with van der Waals surface area (Å²) in [7, 11) is 0. The summed E-state index contributed by atoms with van der Waals surface area (Å²) in [5.74, 6) is -0.493. The summed E-state index contributed by atoms with van der Waals surface area (Å²) in [6, 6.07) is 2.95. The predicted octanol–water partition coefficient (Wildman–Crippen LogP) is 0.442. The van der Waals surface area contributed by atoms with Gasteiger partial charge in [0.2, 0.25) is 5.89 Å². The van der Waals surface area contributed by atoms with Crippen LogP contribution in [0.4, 0.5) is 0 Å². The van der Waals surface area contributed by atoms with Crippen molar-refractivity contribution in [2.75, 3.05) is 6.61 Å². The maximum absolute atomic E-state index is 11.9. The molecule has 3 aromatic heterocycles. The third-order valence-corrected chi connectivity index (χ3v) is 3.47. The first kappa shape index (κ1) is 16.5. The summed E-state index contributed by atoms with van der Waals surface area (Å²) in [4.78, 5) is 35.9. The fourth-order valence-electron chi connectivity index (χ4n) is 2.29. The van der Waals surface area contributed by atoms with Crippen molar-refractivity contribution in [1.29, 1.82) is 0 Å². The first-order valence-corrected chi connectivity index (χ1v) is 7.48. The molecule has 0 saturated heterocycles. The summed E-state index contributed by atoms with van der Waals surface area (Å²) in [6.45, 7) is 0.315. The summed E-state index contributed by atoms with van der Waals surface area (Å²) in [6.07, 6.45) is 6.12. The van der Waals surface area contributed by atoms with Crippen molar-refractivity contribution in [3.05, 3.63) is 53.0 Å². The van der Waals surface area contributed by atoms with Crippen LogP contribution in [0.5, 0.6) is 0 Å². The van der Waals surface area contributed by atoms with E-state index in [2.05, 4.69) is 15.0 Å². The molecule has 128 valence electrons. The molecule has 0 fully saturated rings. The Morgan fingerprint density at radius 2 is 2.12 bits per heavy atom. The van der Waals surface area contributed by atoms with Crippen LogP contribution in [0, 0.1) is 0 Å². The number of carbonyl (C=O) groups is 1. The van der Waals surface area contributed by atoms with Crippen molar-refractivity contribution in [2.24, 2.45) is 5.73 Å². The second-order valence-corrected chi connectivity index (χ2v) is 5.18. The van der Waals surface area contributed by atoms with Crippen LogP contribution in [0.15, 0.2) is 46.2 Å². The maximum Gasteiger partial charge on any atom is 0.268 e.